The van der Waals surface area contributed by atoms with Gasteiger partial charge >= 0.3 is 5.97 Å². The highest BCUT2D eigenvalue weighted by Crippen LogP contribution is 2.23. The highest BCUT2D eigenvalue weighted by Gasteiger charge is 2.10. The molecule has 1 rings (SSSR count). The van der Waals surface area contributed by atoms with E-state index in [0.717, 1.165) is 12.0 Å². The van der Waals surface area contributed by atoms with Crippen molar-refractivity contribution in [2.45, 2.75) is 13.3 Å². The molecule has 1 atom stereocenters. The molecule has 0 saturated heterocycles. The summed E-state index contributed by atoms with van der Waals surface area (Å²) in [6, 6.07) is 0. The predicted octanol–water partition coefficient (Wildman–Crippen LogP) is 2.54. The van der Waals surface area contributed by atoms with Crippen LogP contribution in [0.1, 0.15) is 13.3 Å². The summed E-state index contributed by atoms with van der Waals surface area (Å²) in [7, 11) is 1.31. The summed E-state index contributed by atoms with van der Waals surface area (Å²) in [6.45, 7) is 1.87. The Morgan fingerprint density at radius 3 is 3.00 bits per heavy atom. The van der Waals surface area contributed by atoms with Crippen LogP contribution in [0.5, 0.6) is 0 Å². The number of methoxy groups -OCH3 is 1. The average molecular weight is 196 g/mol. The van der Waals surface area contributed by atoms with Crippen LogP contribution in [0, 0.1) is 5.92 Å². The second-order valence-electron chi connectivity index (χ2n) is 3.29. The van der Waals surface area contributed by atoms with Crippen LogP contribution in [-0.4, -0.2) is 13.1 Å². The molecule has 0 radical (unpaired) electrons. The van der Waals surface area contributed by atoms with Gasteiger partial charge in [0.25, 0.3) is 0 Å². The number of carbonyl (C=O) groups excluding carboxylic acids is 1. The Labute approximate surface area is 82.8 Å². The quantitative estimate of drug-likeness (QED) is 0.501. The van der Waals surface area contributed by atoms with E-state index in [9.17, 15) is 9.18 Å². The Bertz CT molecular complexity index is 313. The van der Waals surface area contributed by atoms with Gasteiger partial charge in [-0.05, 0) is 25.5 Å². The van der Waals surface area contributed by atoms with Gasteiger partial charge in [0.2, 0.25) is 0 Å². The van der Waals surface area contributed by atoms with Crippen molar-refractivity contribution in [3.63, 3.8) is 0 Å². The first kappa shape index (κ1) is 10.7. The van der Waals surface area contributed by atoms with E-state index in [1.54, 1.807) is 6.08 Å². The maximum absolute atomic E-state index is 12.9. The van der Waals surface area contributed by atoms with Gasteiger partial charge in [-0.3, -0.25) is 0 Å². The first-order valence-corrected chi connectivity index (χ1v) is 4.42. The lowest BCUT2D eigenvalue weighted by atomic mass is 9.94. The third kappa shape index (κ3) is 3.17. The van der Waals surface area contributed by atoms with E-state index in [1.807, 2.05) is 6.92 Å². The number of rotatable bonds is 2. The van der Waals surface area contributed by atoms with Crippen LogP contribution in [0.4, 0.5) is 4.39 Å². The minimum absolute atomic E-state index is 0.0425. The Hall–Kier alpha value is -1.38. The van der Waals surface area contributed by atoms with Crippen LogP contribution in [0.25, 0.3) is 0 Å². The summed E-state index contributed by atoms with van der Waals surface area (Å²) in [5, 5.41) is 0. The van der Waals surface area contributed by atoms with Gasteiger partial charge < -0.3 is 4.74 Å². The molecule has 0 spiro atoms. The molecule has 1 aliphatic rings. The molecule has 0 bridgehead atoms. The molecule has 0 aliphatic heterocycles. The van der Waals surface area contributed by atoms with Gasteiger partial charge in [-0.1, -0.05) is 11.6 Å². The summed E-state index contributed by atoms with van der Waals surface area (Å²) in [6.07, 6.45) is 6.73. The SMILES string of the molecule is COC(=O)C=CC1C=C(F)C=C(C)C1. The molecule has 1 unspecified atom stereocenters. The fourth-order valence-electron chi connectivity index (χ4n) is 1.37. The third-order valence-corrected chi connectivity index (χ3v) is 2.00. The lowest BCUT2D eigenvalue weighted by Crippen LogP contribution is -2.01. The number of carbonyl (C=O) groups is 1. The molecule has 1 aliphatic carbocycles. The summed E-state index contributed by atoms with van der Waals surface area (Å²) < 4.78 is 17.4. The van der Waals surface area contributed by atoms with Gasteiger partial charge in [-0.25, -0.2) is 9.18 Å². The van der Waals surface area contributed by atoms with Gasteiger partial charge in [0, 0.05) is 12.0 Å². The van der Waals surface area contributed by atoms with Crippen molar-refractivity contribution in [2.75, 3.05) is 7.11 Å². The molecule has 0 aromatic carbocycles. The summed E-state index contributed by atoms with van der Waals surface area (Å²) in [5.41, 5.74) is 0.976. The van der Waals surface area contributed by atoms with Crippen molar-refractivity contribution < 1.29 is 13.9 Å². The van der Waals surface area contributed by atoms with E-state index in [1.165, 1.54) is 25.3 Å². The molecule has 0 aromatic heterocycles. The zero-order valence-corrected chi connectivity index (χ0v) is 8.29. The lowest BCUT2D eigenvalue weighted by Gasteiger charge is -2.12. The second kappa shape index (κ2) is 4.74. The van der Waals surface area contributed by atoms with Gasteiger partial charge in [-0.2, -0.15) is 0 Å². The molecule has 0 heterocycles. The van der Waals surface area contributed by atoms with Crippen LogP contribution in [0.2, 0.25) is 0 Å². The van der Waals surface area contributed by atoms with Gasteiger partial charge in [0.15, 0.2) is 0 Å². The summed E-state index contributed by atoms with van der Waals surface area (Å²) in [4.78, 5) is 10.8. The zero-order valence-electron chi connectivity index (χ0n) is 8.29. The molecule has 0 N–H and O–H groups in total. The normalized spacial score (nSPS) is 21.8. The average Bonchev–Trinajstić information content (AvgIpc) is 2.12. The molecule has 76 valence electrons. The molecule has 3 heteroatoms. The molecule has 0 amide bonds. The van der Waals surface area contributed by atoms with E-state index in [-0.39, 0.29) is 11.7 Å². The standard InChI is InChI=1S/C11H13FO2/c1-8-5-9(7-10(12)6-8)3-4-11(13)14-2/h3-4,6-7,9H,5H2,1-2H3. The van der Waals surface area contributed by atoms with Crippen molar-refractivity contribution in [3.05, 3.63) is 35.7 Å². The first-order chi connectivity index (χ1) is 6.61. The highest BCUT2D eigenvalue weighted by molar-refractivity contribution is 5.81. The third-order valence-electron chi connectivity index (χ3n) is 2.00. The zero-order chi connectivity index (χ0) is 10.6. The predicted molar refractivity (Wildman–Crippen MR) is 52.2 cm³/mol. The number of halogens is 1. The molecular formula is C11H13FO2. The number of esters is 1. The Morgan fingerprint density at radius 1 is 1.71 bits per heavy atom. The van der Waals surface area contributed by atoms with Crippen molar-refractivity contribution in [1.29, 1.82) is 0 Å². The van der Waals surface area contributed by atoms with Crippen LogP contribution in [0.15, 0.2) is 35.7 Å². The number of hydrogen-bond acceptors (Lipinski definition) is 2. The summed E-state index contributed by atoms with van der Waals surface area (Å²) >= 11 is 0. The smallest absolute Gasteiger partial charge is 0.330 e. The van der Waals surface area contributed by atoms with Gasteiger partial charge in [0.05, 0.1) is 7.11 Å². The lowest BCUT2D eigenvalue weighted by molar-refractivity contribution is -0.134. The minimum atomic E-state index is -0.411. The maximum atomic E-state index is 12.9. The minimum Gasteiger partial charge on any atom is -0.466 e. The van der Waals surface area contributed by atoms with E-state index in [0.29, 0.717) is 0 Å². The topological polar surface area (TPSA) is 26.3 Å². The van der Waals surface area contributed by atoms with Crippen molar-refractivity contribution in [2.24, 2.45) is 5.92 Å². The van der Waals surface area contributed by atoms with Gasteiger partial charge in [0.1, 0.15) is 5.83 Å². The van der Waals surface area contributed by atoms with E-state index in [2.05, 4.69) is 4.74 Å². The first-order valence-electron chi connectivity index (χ1n) is 4.42. The maximum Gasteiger partial charge on any atom is 0.330 e. The summed E-state index contributed by atoms with van der Waals surface area (Å²) in [5.74, 6) is -0.696. The van der Waals surface area contributed by atoms with Crippen LogP contribution < -0.4 is 0 Å². The Morgan fingerprint density at radius 2 is 2.43 bits per heavy atom. The molecule has 14 heavy (non-hydrogen) atoms. The Balaban J connectivity index is 2.61. The largest absolute Gasteiger partial charge is 0.466 e. The van der Waals surface area contributed by atoms with Crippen LogP contribution >= 0.6 is 0 Å². The molecule has 0 fully saturated rings. The second-order valence-corrected chi connectivity index (χ2v) is 3.29. The monoisotopic (exact) mass is 196 g/mol. The fraction of sp³-hybridized carbons (Fsp3) is 0.364. The number of hydrogen-bond donors (Lipinski definition) is 0. The fourth-order valence-corrected chi connectivity index (χ4v) is 1.37. The van der Waals surface area contributed by atoms with Crippen molar-refractivity contribution >= 4 is 5.97 Å². The molecule has 0 saturated carbocycles. The van der Waals surface area contributed by atoms with E-state index >= 15 is 0 Å². The van der Waals surface area contributed by atoms with Crippen molar-refractivity contribution in [3.8, 4) is 0 Å². The van der Waals surface area contributed by atoms with Crippen molar-refractivity contribution in [1.82, 2.24) is 0 Å². The Kier molecular flexibility index (Phi) is 3.63. The molecular weight excluding hydrogens is 183 g/mol. The highest BCUT2D eigenvalue weighted by atomic mass is 19.1. The van der Waals surface area contributed by atoms with Gasteiger partial charge in [-0.15, -0.1) is 0 Å². The molecule has 0 aromatic rings. The van der Waals surface area contributed by atoms with Crippen LogP contribution in [-0.2, 0) is 9.53 Å². The number of ether oxygens (including phenoxy) is 1. The van der Waals surface area contributed by atoms with E-state index in [4.69, 9.17) is 0 Å². The van der Waals surface area contributed by atoms with Crippen LogP contribution in [0.3, 0.4) is 0 Å². The van der Waals surface area contributed by atoms with E-state index < -0.39 is 5.97 Å². The number of allylic oxidation sites excluding steroid dienone is 5. The molecule has 2 nitrogen and oxygen atoms in total.